The molecule has 1 unspecified atom stereocenters. The first-order valence-electron chi connectivity index (χ1n) is 6.09. The number of rotatable bonds is 4. The van der Waals surface area contributed by atoms with Crippen molar-refractivity contribution < 1.29 is 0 Å². The predicted molar refractivity (Wildman–Crippen MR) is 86.2 cm³/mol. The van der Waals surface area contributed by atoms with E-state index in [9.17, 15) is 0 Å². The monoisotopic (exact) mass is 306 g/mol. The van der Waals surface area contributed by atoms with E-state index in [0.29, 0.717) is 5.69 Å². The minimum absolute atomic E-state index is 0.150. The summed E-state index contributed by atoms with van der Waals surface area (Å²) in [5.41, 5.74) is 7.18. The van der Waals surface area contributed by atoms with Crippen molar-refractivity contribution in [1.29, 1.82) is 0 Å². The maximum atomic E-state index is 5.90. The summed E-state index contributed by atoms with van der Waals surface area (Å²) in [7, 11) is 1.96. The fourth-order valence-corrected chi connectivity index (χ4v) is 2.03. The second-order valence-corrected chi connectivity index (χ2v) is 5.34. The van der Waals surface area contributed by atoms with E-state index < -0.39 is 0 Å². The molecule has 0 amide bonds. The number of nitrogens with zero attached hydrogens (tertiary/aromatic N) is 3. The molecule has 0 fully saturated rings. The zero-order valence-corrected chi connectivity index (χ0v) is 12.8. The molecule has 104 valence electrons. The fraction of sp³-hybridized carbons (Fsp3) is 0.214. The Morgan fingerprint density at radius 1 is 1.25 bits per heavy atom. The standard InChI is InChI=1S/C14H15ClN4S/c1-9(10-3-5-11(15)6-4-10)19(2)13-8-17-12(7-18-13)14(16)20/h3-9H,1-2H3,(H2,16,20). The number of hydrogen-bond acceptors (Lipinski definition) is 4. The van der Waals surface area contributed by atoms with E-state index in [0.717, 1.165) is 16.4 Å². The van der Waals surface area contributed by atoms with E-state index in [4.69, 9.17) is 29.6 Å². The van der Waals surface area contributed by atoms with Crippen molar-refractivity contribution in [3.05, 3.63) is 52.9 Å². The Hall–Kier alpha value is -1.72. The number of benzene rings is 1. The molecule has 0 bridgehead atoms. The van der Waals surface area contributed by atoms with Crippen LogP contribution in [0.1, 0.15) is 24.2 Å². The van der Waals surface area contributed by atoms with E-state index in [1.54, 1.807) is 12.4 Å². The summed E-state index contributed by atoms with van der Waals surface area (Å²) in [6.45, 7) is 2.09. The number of anilines is 1. The number of nitrogens with two attached hydrogens (primary N) is 1. The van der Waals surface area contributed by atoms with Crippen molar-refractivity contribution in [2.75, 3.05) is 11.9 Å². The molecule has 0 radical (unpaired) electrons. The van der Waals surface area contributed by atoms with Crippen LogP contribution in [-0.2, 0) is 0 Å². The third kappa shape index (κ3) is 3.23. The van der Waals surface area contributed by atoms with Crippen LogP contribution < -0.4 is 10.6 Å². The smallest absolute Gasteiger partial charge is 0.147 e. The van der Waals surface area contributed by atoms with Gasteiger partial charge in [0, 0.05) is 12.1 Å². The maximum Gasteiger partial charge on any atom is 0.147 e. The Kier molecular flexibility index (Phi) is 4.52. The van der Waals surface area contributed by atoms with Gasteiger partial charge in [0.2, 0.25) is 0 Å². The highest BCUT2D eigenvalue weighted by Crippen LogP contribution is 2.24. The van der Waals surface area contributed by atoms with Crippen molar-refractivity contribution in [1.82, 2.24) is 9.97 Å². The number of hydrogen-bond donors (Lipinski definition) is 1. The van der Waals surface area contributed by atoms with Crippen LogP contribution in [0.25, 0.3) is 0 Å². The highest BCUT2D eigenvalue weighted by atomic mass is 35.5. The summed E-state index contributed by atoms with van der Waals surface area (Å²) < 4.78 is 0. The first-order chi connectivity index (χ1) is 9.49. The zero-order valence-electron chi connectivity index (χ0n) is 11.2. The fourth-order valence-electron chi connectivity index (χ4n) is 1.79. The number of aromatic nitrogens is 2. The Labute approximate surface area is 128 Å². The van der Waals surface area contributed by atoms with Crippen LogP contribution in [0.15, 0.2) is 36.7 Å². The van der Waals surface area contributed by atoms with Crippen LogP contribution in [0.5, 0.6) is 0 Å². The van der Waals surface area contributed by atoms with Gasteiger partial charge in [-0.25, -0.2) is 9.97 Å². The molecule has 0 saturated heterocycles. The van der Waals surface area contributed by atoms with Gasteiger partial charge in [-0.15, -0.1) is 0 Å². The van der Waals surface area contributed by atoms with Gasteiger partial charge in [-0.05, 0) is 24.6 Å². The van der Waals surface area contributed by atoms with Crippen molar-refractivity contribution in [3.63, 3.8) is 0 Å². The van der Waals surface area contributed by atoms with Crippen LogP contribution in [0.2, 0.25) is 5.02 Å². The molecule has 1 atom stereocenters. The van der Waals surface area contributed by atoms with E-state index in [1.807, 2.05) is 36.2 Å². The number of thiocarbonyl (C=S) groups is 1. The normalized spacial score (nSPS) is 11.9. The second-order valence-electron chi connectivity index (χ2n) is 4.46. The molecule has 0 aliphatic rings. The molecular formula is C14H15ClN4S. The predicted octanol–water partition coefficient (Wildman–Crippen LogP) is 2.96. The molecule has 1 aromatic carbocycles. The molecule has 0 aliphatic carbocycles. The summed E-state index contributed by atoms with van der Waals surface area (Å²) in [4.78, 5) is 10.8. The quantitative estimate of drug-likeness (QED) is 0.880. The molecule has 0 aliphatic heterocycles. The molecular weight excluding hydrogens is 292 g/mol. The molecule has 0 spiro atoms. The molecule has 2 rings (SSSR count). The largest absolute Gasteiger partial charge is 0.388 e. The molecule has 6 heteroatoms. The Balaban J connectivity index is 2.19. The van der Waals surface area contributed by atoms with Crippen LogP contribution >= 0.6 is 23.8 Å². The zero-order chi connectivity index (χ0) is 14.7. The van der Waals surface area contributed by atoms with Crippen LogP contribution in [0, 0.1) is 0 Å². The Bertz CT molecular complexity index is 598. The summed E-state index contributed by atoms with van der Waals surface area (Å²) in [6, 6.07) is 7.91. The lowest BCUT2D eigenvalue weighted by Gasteiger charge is -2.26. The van der Waals surface area contributed by atoms with Crippen LogP contribution in [0.4, 0.5) is 5.82 Å². The highest BCUT2D eigenvalue weighted by molar-refractivity contribution is 7.80. The Morgan fingerprint density at radius 3 is 2.40 bits per heavy atom. The van der Waals surface area contributed by atoms with Gasteiger partial charge in [-0.2, -0.15) is 0 Å². The molecule has 1 aromatic heterocycles. The highest BCUT2D eigenvalue weighted by Gasteiger charge is 2.14. The summed E-state index contributed by atoms with van der Waals surface area (Å²) in [6.07, 6.45) is 3.25. The second kappa shape index (κ2) is 6.15. The SMILES string of the molecule is CC(c1ccc(Cl)cc1)N(C)c1cnc(C(N)=S)cn1. The lowest BCUT2D eigenvalue weighted by atomic mass is 10.1. The minimum atomic E-state index is 0.150. The molecule has 2 aromatic rings. The van der Waals surface area contributed by atoms with Gasteiger partial charge in [0.1, 0.15) is 16.5 Å². The van der Waals surface area contributed by atoms with E-state index in [1.165, 1.54) is 0 Å². The van der Waals surface area contributed by atoms with Crippen molar-refractivity contribution in [2.45, 2.75) is 13.0 Å². The van der Waals surface area contributed by atoms with E-state index >= 15 is 0 Å². The van der Waals surface area contributed by atoms with Crippen molar-refractivity contribution in [3.8, 4) is 0 Å². The third-order valence-electron chi connectivity index (χ3n) is 3.19. The summed E-state index contributed by atoms with van der Waals surface area (Å²) in [5, 5.41) is 0.726. The summed E-state index contributed by atoms with van der Waals surface area (Å²) in [5.74, 6) is 0.757. The molecule has 1 heterocycles. The summed E-state index contributed by atoms with van der Waals surface area (Å²) >= 11 is 10.8. The molecule has 20 heavy (non-hydrogen) atoms. The average Bonchev–Trinajstić information content (AvgIpc) is 2.46. The van der Waals surface area contributed by atoms with Crippen LogP contribution in [0.3, 0.4) is 0 Å². The van der Waals surface area contributed by atoms with Gasteiger partial charge >= 0.3 is 0 Å². The van der Waals surface area contributed by atoms with Gasteiger partial charge in [-0.3, -0.25) is 0 Å². The van der Waals surface area contributed by atoms with Gasteiger partial charge in [0.15, 0.2) is 0 Å². The molecule has 4 nitrogen and oxygen atoms in total. The third-order valence-corrected chi connectivity index (χ3v) is 3.65. The number of halogens is 1. The molecule has 0 saturated carbocycles. The first kappa shape index (κ1) is 14.7. The van der Waals surface area contributed by atoms with E-state index in [-0.39, 0.29) is 11.0 Å². The van der Waals surface area contributed by atoms with Crippen LogP contribution in [-0.4, -0.2) is 22.0 Å². The van der Waals surface area contributed by atoms with Gasteiger partial charge < -0.3 is 10.6 Å². The van der Waals surface area contributed by atoms with Gasteiger partial charge in [0.25, 0.3) is 0 Å². The van der Waals surface area contributed by atoms with E-state index in [2.05, 4.69) is 16.9 Å². The van der Waals surface area contributed by atoms with Crippen molar-refractivity contribution >= 4 is 34.6 Å². The van der Waals surface area contributed by atoms with Gasteiger partial charge in [-0.1, -0.05) is 36.0 Å². The van der Waals surface area contributed by atoms with Gasteiger partial charge in [0.05, 0.1) is 18.4 Å². The molecule has 2 N–H and O–H groups in total. The maximum absolute atomic E-state index is 5.90. The lowest BCUT2D eigenvalue weighted by molar-refractivity contribution is 0.726. The lowest BCUT2D eigenvalue weighted by Crippen LogP contribution is -2.23. The van der Waals surface area contributed by atoms with Crippen molar-refractivity contribution in [2.24, 2.45) is 5.73 Å². The topological polar surface area (TPSA) is 55.0 Å². The average molecular weight is 307 g/mol. The Morgan fingerprint density at radius 2 is 1.90 bits per heavy atom. The first-order valence-corrected chi connectivity index (χ1v) is 6.88. The minimum Gasteiger partial charge on any atom is -0.388 e.